The van der Waals surface area contributed by atoms with Gasteiger partial charge in [-0.05, 0) is 22.0 Å². The third-order valence-electron chi connectivity index (χ3n) is 3.03. The summed E-state index contributed by atoms with van der Waals surface area (Å²) in [5, 5.41) is 15.1. The number of sulfonamides is 1. The number of carbonyl (C=O) groups is 1. The predicted octanol–water partition coefficient (Wildman–Crippen LogP) is 1.51. The van der Waals surface area contributed by atoms with Gasteiger partial charge in [-0.2, -0.15) is 0 Å². The molecule has 0 aromatic heterocycles. The molecule has 0 radical (unpaired) electrons. The minimum Gasteiger partial charge on any atom is -0.304 e. The van der Waals surface area contributed by atoms with E-state index in [9.17, 15) is 23.3 Å². The molecular weight excluding hydrogens is 434 g/mol. The largest absolute Gasteiger partial charge is 0.304 e. The van der Waals surface area contributed by atoms with Crippen molar-refractivity contribution in [3.05, 3.63) is 31.2 Å². The average molecular weight is 443 g/mol. The van der Waals surface area contributed by atoms with Crippen LogP contribution in [0, 0.1) is 10.1 Å². The van der Waals surface area contributed by atoms with E-state index in [0.29, 0.717) is 8.95 Å². The quantitative estimate of drug-likeness (QED) is 0.561. The summed E-state index contributed by atoms with van der Waals surface area (Å²) < 4.78 is 23.5. The highest BCUT2D eigenvalue weighted by atomic mass is 79.9. The Morgan fingerprint density at radius 1 is 1.38 bits per heavy atom. The van der Waals surface area contributed by atoms with Crippen LogP contribution >= 0.6 is 31.9 Å². The van der Waals surface area contributed by atoms with Crippen LogP contribution < -0.4 is 10.0 Å². The number of nitrogens with zero attached hydrogens (tertiary/aromatic N) is 2. The van der Waals surface area contributed by atoms with Crippen molar-refractivity contribution in [1.29, 1.82) is 0 Å². The molecule has 11 heteroatoms. The zero-order chi connectivity index (χ0) is 15.9. The van der Waals surface area contributed by atoms with Crippen LogP contribution in [0.3, 0.4) is 0 Å². The highest BCUT2D eigenvalue weighted by Crippen LogP contribution is 2.40. The monoisotopic (exact) mass is 441 g/mol. The third kappa shape index (κ3) is 3.25. The summed E-state index contributed by atoms with van der Waals surface area (Å²) in [5.41, 5.74) is -0.279. The van der Waals surface area contributed by atoms with E-state index in [-0.39, 0.29) is 24.3 Å². The molecule has 8 nitrogen and oxygen atoms in total. The smallest absolute Gasteiger partial charge is 0.295 e. The number of anilines is 1. The number of halogens is 2. The lowest BCUT2D eigenvalue weighted by Gasteiger charge is -2.18. The molecule has 1 saturated heterocycles. The third-order valence-corrected chi connectivity index (χ3v) is 5.34. The van der Waals surface area contributed by atoms with E-state index in [1.807, 2.05) is 0 Å². The molecular formula is C10H9Br2N3O5S. The van der Waals surface area contributed by atoms with Crippen molar-refractivity contribution in [1.82, 2.24) is 0 Å². The van der Waals surface area contributed by atoms with Crippen molar-refractivity contribution < 1.29 is 18.1 Å². The molecule has 114 valence electrons. The van der Waals surface area contributed by atoms with Gasteiger partial charge < -0.3 is 4.90 Å². The maximum absolute atomic E-state index is 12.0. The van der Waals surface area contributed by atoms with E-state index in [4.69, 9.17) is 5.14 Å². The van der Waals surface area contributed by atoms with Crippen LogP contribution in [0.5, 0.6) is 0 Å². The van der Waals surface area contributed by atoms with Crippen LogP contribution in [-0.2, 0) is 14.8 Å². The number of nitro groups is 1. The maximum atomic E-state index is 12.0. The van der Waals surface area contributed by atoms with Gasteiger partial charge in [-0.25, -0.2) is 13.6 Å². The normalized spacial score (nSPS) is 19.1. The fraction of sp³-hybridized carbons (Fsp3) is 0.300. The second kappa shape index (κ2) is 5.63. The molecule has 1 aromatic rings. The number of hydrogen-bond acceptors (Lipinski definition) is 5. The van der Waals surface area contributed by atoms with Crippen molar-refractivity contribution >= 4 is 59.2 Å². The number of benzene rings is 1. The fourth-order valence-electron chi connectivity index (χ4n) is 2.07. The first kappa shape index (κ1) is 16.3. The van der Waals surface area contributed by atoms with Gasteiger partial charge >= 0.3 is 0 Å². The zero-order valence-corrected chi connectivity index (χ0v) is 14.3. The first-order valence-electron chi connectivity index (χ1n) is 5.56. The number of nitrogens with two attached hydrogens (primary N) is 1. The Kier molecular flexibility index (Phi) is 4.38. The Hall–Kier alpha value is -1.04. The topological polar surface area (TPSA) is 124 Å². The molecule has 2 rings (SSSR count). The minimum absolute atomic E-state index is 0.0272. The molecule has 1 aliphatic rings. The predicted molar refractivity (Wildman–Crippen MR) is 82.4 cm³/mol. The summed E-state index contributed by atoms with van der Waals surface area (Å²) in [7, 11) is -3.89. The summed E-state index contributed by atoms with van der Waals surface area (Å²) in [6.07, 6.45) is -0.293. The minimum atomic E-state index is -3.89. The van der Waals surface area contributed by atoms with Gasteiger partial charge in [0, 0.05) is 28.0 Å². The molecule has 2 N–H and O–H groups in total. The number of amides is 1. The Morgan fingerprint density at radius 3 is 2.48 bits per heavy atom. The highest BCUT2D eigenvalue weighted by Gasteiger charge is 2.40. The number of rotatable bonds is 3. The molecule has 1 aliphatic heterocycles. The lowest BCUT2D eigenvalue weighted by atomic mass is 10.2. The van der Waals surface area contributed by atoms with E-state index in [0.717, 1.165) is 4.90 Å². The van der Waals surface area contributed by atoms with Crippen molar-refractivity contribution in [3.63, 3.8) is 0 Å². The van der Waals surface area contributed by atoms with Gasteiger partial charge in [-0.15, -0.1) is 0 Å². The molecule has 21 heavy (non-hydrogen) atoms. The van der Waals surface area contributed by atoms with E-state index >= 15 is 0 Å². The second-order valence-corrected chi connectivity index (χ2v) is 8.05. The lowest BCUT2D eigenvalue weighted by molar-refractivity contribution is -0.384. The summed E-state index contributed by atoms with van der Waals surface area (Å²) in [4.78, 5) is 23.6. The van der Waals surface area contributed by atoms with Crippen LogP contribution in [0.4, 0.5) is 11.4 Å². The van der Waals surface area contributed by atoms with Crippen molar-refractivity contribution in [2.75, 3.05) is 11.4 Å². The van der Waals surface area contributed by atoms with Crippen LogP contribution in [0.1, 0.15) is 6.42 Å². The van der Waals surface area contributed by atoms with Crippen molar-refractivity contribution in [2.45, 2.75) is 11.7 Å². The molecule has 0 aliphatic carbocycles. The molecule has 1 atom stereocenters. The first-order chi connectivity index (χ1) is 9.61. The fourth-order valence-corrected chi connectivity index (χ4v) is 4.22. The number of nitro benzene ring substituents is 1. The van der Waals surface area contributed by atoms with Crippen molar-refractivity contribution in [3.8, 4) is 0 Å². The van der Waals surface area contributed by atoms with E-state index in [2.05, 4.69) is 31.9 Å². The van der Waals surface area contributed by atoms with Gasteiger partial charge in [-0.1, -0.05) is 15.9 Å². The van der Waals surface area contributed by atoms with Crippen LogP contribution in [0.25, 0.3) is 0 Å². The second-order valence-electron chi connectivity index (χ2n) is 4.43. The summed E-state index contributed by atoms with van der Waals surface area (Å²) in [6, 6.07) is 2.79. The first-order valence-corrected chi connectivity index (χ1v) is 8.76. The van der Waals surface area contributed by atoms with Crippen molar-refractivity contribution in [2.24, 2.45) is 5.14 Å². The zero-order valence-electron chi connectivity index (χ0n) is 10.3. The van der Waals surface area contributed by atoms with Crippen LogP contribution in [-0.4, -0.2) is 31.0 Å². The van der Waals surface area contributed by atoms with E-state index in [1.54, 1.807) is 6.07 Å². The maximum Gasteiger partial charge on any atom is 0.295 e. The van der Waals surface area contributed by atoms with Gasteiger partial charge in [0.2, 0.25) is 15.9 Å². The highest BCUT2D eigenvalue weighted by molar-refractivity contribution is 9.11. The molecule has 1 heterocycles. The van der Waals surface area contributed by atoms with Crippen LogP contribution in [0.15, 0.2) is 21.1 Å². The van der Waals surface area contributed by atoms with Gasteiger partial charge in [0.05, 0.1) is 4.92 Å². The Bertz CT molecular complexity index is 736. The summed E-state index contributed by atoms with van der Waals surface area (Å²) in [6.45, 7) is -0.210. The van der Waals surface area contributed by atoms with Gasteiger partial charge in [0.25, 0.3) is 5.69 Å². The number of carbonyl (C=O) groups excluding carboxylic acids is 1. The molecule has 1 amide bonds. The summed E-state index contributed by atoms with van der Waals surface area (Å²) in [5.74, 6) is -0.528. The molecule has 0 saturated carbocycles. The van der Waals surface area contributed by atoms with Gasteiger partial charge in [0.15, 0.2) is 0 Å². The molecule has 1 unspecified atom stereocenters. The molecule has 1 aromatic carbocycles. The number of primary sulfonamides is 1. The Labute approximate surface area is 136 Å². The summed E-state index contributed by atoms with van der Waals surface area (Å²) >= 11 is 6.29. The van der Waals surface area contributed by atoms with E-state index in [1.165, 1.54) is 6.07 Å². The SMILES string of the molecule is NS(=O)(=O)C1CC(=O)N(c2c(Br)cc(Br)cc2[N+](=O)[O-])C1. The lowest BCUT2D eigenvalue weighted by Crippen LogP contribution is -2.32. The standard InChI is InChI=1S/C10H9Br2N3O5S/c11-5-1-7(12)10(8(2-5)15(17)18)14-4-6(3-9(14)16)21(13,19)20/h1-2,6H,3-4H2,(H2,13,19,20). The van der Waals surface area contributed by atoms with E-state index < -0.39 is 26.1 Å². The molecule has 0 bridgehead atoms. The molecule has 1 fully saturated rings. The van der Waals surface area contributed by atoms with Gasteiger partial charge in [-0.3, -0.25) is 14.9 Å². The average Bonchev–Trinajstić information content (AvgIpc) is 2.70. The molecule has 0 spiro atoms. The number of hydrogen-bond donors (Lipinski definition) is 1. The Morgan fingerprint density at radius 2 is 2.00 bits per heavy atom. The Balaban J connectivity index is 2.53. The van der Waals surface area contributed by atoms with Crippen LogP contribution in [0.2, 0.25) is 0 Å². The van der Waals surface area contributed by atoms with Gasteiger partial charge in [0.1, 0.15) is 10.9 Å².